The Morgan fingerprint density at radius 1 is 0.857 bits per heavy atom. The van der Waals surface area contributed by atoms with Crippen molar-refractivity contribution in [3.63, 3.8) is 0 Å². The molecular formula is C5H10CoN3O5-3. The second kappa shape index (κ2) is 14.5. The van der Waals surface area contributed by atoms with E-state index in [0.717, 1.165) is 0 Å². The van der Waals surface area contributed by atoms with Crippen LogP contribution in [0.4, 0.5) is 0 Å². The van der Waals surface area contributed by atoms with Crippen molar-refractivity contribution < 1.29 is 41.4 Å². The van der Waals surface area contributed by atoms with Crippen LogP contribution in [0, 0.1) is 0 Å². The fraction of sp³-hybridized carbons (Fsp3) is 0.400. The minimum absolute atomic E-state index is 0. The molecule has 0 rings (SSSR count). The number of ketones is 1. The van der Waals surface area contributed by atoms with Crippen molar-refractivity contribution in [1.82, 2.24) is 0 Å². The molecule has 0 saturated carbocycles. The van der Waals surface area contributed by atoms with E-state index in [9.17, 15) is 24.6 Å². The van der Waals surface area contributed by atoms with Gasteiger partial charge in [0.2, 0.25) is 0 Å². The normalized spacial score (nSPS) is 6.29. The summed E-state index contributed by atoms with van der Waals surface area (Å²) in [6, 6.07) is 0. The molecule has 0 spiro atoms. The summed E-state index contributed by atoms with van der Waals surface area (Å²) in [5.41, 5.74) is 0. The van der Waals surface area contributed by atoms with E-state index in [-0.39, 0.29) is 35.2 Å². The zero-order valence-corrected chi connectivity index (χ0v) is 8.06. The average molecular weight is 251 g/mol. The van der Waals surface area contributed by atoms with Gasteiger partial charge in [0.15, 0.2) is 5.78 Å². The second-order valence-electron chi connectivity index (χ2n) is 1.58. The van der Waals surface area contributed by atoms with E-state index in [1.54, 1.807) is 0 Å². The van der Waals surface area contributed by atoms with E-state index in [4.69, 9.17) is 0 Å². The summed E-state index contributed by atoms with van der Waals surface area (Å²) in [6.45, 7) is 0. The van der Waals surface area contributed by atoms with Crippen molar-refractivity contribution in [3.05, 3.63) is 18.5 Å². The van der Waals surface area contributed by atoms with Crippen molar-refractivity contribution in [2.45, 2.75) is 12.8 Å². The summed E-state index contributed by atoms with van der Waals surface area (Å²) in [5, 5.41) is 19.3. The zero-order chi connectivity index (χ0) is 8.15. The Balaban J connectivity index is -0.0000000675. The van der Waals surface area contributed by atoms with E-state index in [2.05, 4.69) is 0 Å². The Bertz CT molecular complexity index is 186. The maximum atomic E-state index is 10.1. The number of carbonyl (C=O) groups is 3. The molecule has 0 fully saturated rings. The van der Waals surface area contributed by atoms with Crippen LogP contribution in [0.25, 0.3) is 18.5 Å². The third-order valence-electron chi connectivity index (χ3n) is 0.784. The number of carboxylic acid groups (broad SMARTS) is 2. The smallest absolute Gasteiger partial charge is 0.693 e. The fourth-order valence-corrected chi connectivity index (χ4v) is 0.318. The van der Waals surface area contributed by atoms with E-state index < -0.39 is 30.6 Å². The van der Waals surface area contributed by atoms with Gasteiger partial charge in [-0.3, -0.25) is 4.79 Å². The van der Waals surface area contributed by atoms with Crippen molar-refractivity contribution in [1.29, 1.82) is 0 Å². The van der Waals surface area contributed by atoms with Gasteiger partial charge in [-0.05, 0) is 6.42 Å². The van der Waals surface area contributed by atoms with Crippen molar-refractivity contribution in [2.75, 3.05) is 0 Å². The molecule has 1 radical (unpaired) electrons. The molecule has 0 atom stereocenters. The second-order valence-corrected chi connectivity index (χ2v) is 1.58. The van der Waals surface area contributed by atoms with E-state index in [0.29, 0.717) is 0 Å². The number of aliphatic carboxylic acids is 2. The minimum atomic E-state index is -1.86. The first-order valence-corrected chi connectivity index (χ1v) is 2.48. The molecule has 0 saturated heterocycles. The fourth-order valence-electron chi connectivity index (χ4n) is 0.318. The summed E-state index contributed by atoms with van der Waals surface area (Å²) in [5.74, 6) is -4.53. The molecule has 14 heavy (non-hydrogen) atoms. The molecule has 0 unspecified atom stereocenters. The Kier molecular flexibility index (Phi) is 30.3. The Morgan fingerprint density at radius 2 is 1.21 bits per heavy atom. The molecule has 0 aliphatic rings. The standard InChI is InChI=1S/C5H6O5.Co.3H2N/c6-3(5(9)10)1-2-4(7)8;;;;/h1-2H2,(H,7,8)(H,9,10);;3*1H2/q;+2;3*-1/p-2. The van der Waals surface area contributed by atoms with Gasteiger partial charge in [0.05, 0.1) is 0 Å². The zero-order valence-electron chi connectivity index (χ0n) is 7.02. The molecular weight excluding hydrogens is 241 g/mol. The number of carbonyl (C=O) groups excluding carboxylic acids is 3. The van der Waals surface area contributed by atoms with Crippen LogP contribution in [-0.2, 0) is 31.2 Å². The van der Waals surface area contributed by atoms with Crippen LogP contribution in [0.3, 0.4) is 0 Å². The maximum absolute atomic E-state index is 10.1. The first-order valence-electron chi connectivity index (χ1n) is 2.48. The number of nitrogens with two attached hydrogens (primary N) is 3. The number of Topliss-reactive ketones (excluding diaryl/α,β-unsaturated/α-hetero) is 1. The summed E-state index contributed by atoms with van der Waals surface area (Å²) >= 11 is 0. The molecule has 0 aromatic rings. The Labute approximate surface area is 91.0 Å². The van der Waals surface area contributed by atoms with Gasteiger partial charge in [-0.25, -0.2) is 0 Å². The monoisotopic (exact) mass is 251 g/mol. The van der Waals surface area contributed by atoms with Crippen LogP contribution in [0.1, 0.15) is 12.8 Å². The van der Waals surface area contributed by atoms with Crippen molar-refractivity contribution in [3.8, 4) is 0 Å². The molecule has 0 aromatic carbocycles. The predicted octanol–water partition coefficient (Wildman–Crippen LogP) is -1.02. The number of rotatable bonds is 4. The van der Waals surface area contributed by atoms with Crippen molar-refractivity contribution >= 4 is 17.7 Å². The minimum Gasteiger partial charge on any atom is -0.693 e. The van der Waals surface area contributed by atoms with Crippen molar-refractivity contribution in [2.24, 2.45) is 0 Å². The molecule has 87 valence electrons. The molecule has 6 N–H and O–H groups in total. The Hall–Kier alpha value is -1.00. The molecule has 0 heterocycles. The van der Waals surface area contributed by atoms with Gasteiger partial charge in [0, 0.05) is 12.4 Å². The van der Waals surface area contributed by atoms with Crippen LogP contribution >= 0.6 is 0 Å². The number of hydrogen-bond acceptors (Lipinski definition) is 5. The van der Waals surface area contributed by atoms with Gasteiger partial charge >= 0.3 is 16.8 Å². The molecule has 0 amide bonds. The molecule has 0 aliphatic heterocycles. The van der Waals surface area contributed by atoms with E-state index in [1.165, 1.54) is 0 Å². The summed E-state index contributed by atoms with van der Waals surface area (Å²) in [4.78, 5) is 29.4. The first-order chi connectivity index (χ1) is 4.54. The van der Waals surface area contributed by atoms with Gasteiger partial charge in [-0.1, -0.05) is 0 Å². The van der Waals surface area contributed by atoms with Crippen LogP contribution < -0.4 is 10.2 Å². The van der Waals surface area contributed by atoms with Gasteiger partial charge in [-0.2, -0.15) is 0 Å². The molecule has 8 nitrogen and oxygen atoms in total. The summed E-state index contributed by atoms with van der Waals surface area (Å²) in [7, 11) is 0. The molecule has 0 bridgehead atoms. The summed E-state index contributed by atoms with van der Waals surface area (Å²) < 4.78 is 0. The van der Waals surface area contributed by atoms with E-state index >= 15 is 0 Å². The van der Waals surface area contributed by atoms with E-state index in [1.807, 2.05) is 0 Å². The first kappa shape index (κ1) is 29.3. The Morgan fingerprint density at radius 3 is 1.43 bits per heavy atom. The molecule has 0 aliphatic carbocycles. The van der Waals surface area contributed by atoms with Crippen LogP contribution in [0.5, 0.6) is 0 Å². The molecule has 9 heteroatoms. The van der Waals surface area contributed by atoms with Gasteiger partial charge < -0.3 is 38.3 Å². The van der Waals surface area contributed by atoms with Crippen LogP contribution in [0.15, 0.2) is 0 Å². The number of carboxylic acids is 2. The molecule has 0 aromatic heterocycles. The van der Waals surface area contributed by atoms with Crippen LogP contribution in [0.2, 0.25) is 0 Å². The van der Waals surface area contributed by atoms with Crippen LogP contribution in [-0.4, -0.2) is 17.7 Å². The summed E-state index contributed by atoms with van der Waals surface area (Å²) in [6.07, 6.45) is -1.14. The SMILES string of the molecule is O=C([O-])CCC(=O)C(=O)[O-].[Co+2].[NH2-].[NH2-].[NH2-]. The quantitative estimate of drug-likeness (QED) is 0.574. The third-order valence-corrected chi connectivity index (χ3v) is 0.784. The topological polar surface area (TPSA) is 198 Å². The largest absolute Gasteiger partial charge is 2.00 e. The average Bonchev–Trinajstić information content (AvgIpc) is 1.82. The predicted molar refractivity (Wildman–Crippen MR) is 40.1 cm³/mol. The van der Waals surface area contributed by atoms with Gasteiger partial charge in [0.1, 0.15) is 5.97 Å². The maximum Gasteiger partial charge on any atom is 2.00 e. The third kappa shape index (κ3) is 17.2. The van der Waals surface area contributed by atoms with Gasteiger partial charge in [0.25, 0.3) is 0 Å². The van der Waals surface area contributed by atoms with Gasteiger partial charge in [-0.15, -0.1) is 0 Å². The number of hydrogen-bond donors (Lipinski definition) is 0.